The van der Waals surface area contributed by atoms with Crippen molar-refractivity contribution >= 4 is 5.97 Å². The largest absolute Gasteiger partial charge is 0.481 e. The van der Waals surface area contributed by atoms with Crippen molar-refractivity contribution in [3.63, 3.8) is 0 Å². The fraction of sp³-hybridized carbons (Fsp3) is 0.667. The van der Waals surface area contributed by atoms with Crippen molar-refractivity contribution in [2.24, 2.45) is 5.92 Å². The van der Waals surface area contributed by atoms with Crippen LogP contribution in [-0.2, 0) is 4.79 Å². The first kappa shape index (κ1) is 11.2. The van der Waals surface area contributed by atoms with Gasteiger partial charge >= 0.3 is 5.97 Å². The summed E-state index contributed by atoms with van der Waals surface area (Å²) in [5, 5.41) is 13.6. The molecule has 1 aromatic heterocycles. The summed E-state index contributed by atoms with van der Waals surface area (Å²) in [6, 6.07) is 1.97. The van der Waals surface area contributed by atoms with E-state index in [-0.39, 0.29) is 12.0 Å². The number of hydrogen-bond donors (Lipinski definition) is 1. The lowest BCUT2D eigenvalue weighted by atomic mass is 9.95. The molecule has 1 N–H and O–H groups in total. The molecule has 0 spiro atoms. The normalized spacial score (nSPS) is 26.3. The van der Waals surface area contributed by atoms with Gasteiger partial charge in [0, 0.05) is 6.20 Å². The van der Waals surface area contributed by atoms with Crippen molar-refractivity contribution in [1.29, 1.82) is 0 Å². The molecule has 4 nitrogen and oxygen atoms in total. The summed E-state index contributed by atoms with van der Waals surface area (Å²) in [6.45, 7) is 1.93. The second-order valence-corrected chi connectivity index (χ2v) is 4.59. The van der Waals surface area contributed by atoms with Crippen molar-refractivity contribution in [2.75, 3.05) is 0 Å². The Balaban J connectivity index is 2.23. The van der Waals surface area contributed by atoms with E-state index in [0.29, 0.717) is 0 Å². The van der Waals surface area contributed by atoms with Crippen LogP contribution in [0.15, 0.2) is 12.3 Å². The van der Waals surface area contributed by atoms with Gasteiger partial charge in [0.15, 0.2) is 0 Å². The van der Waals surface area contributed by atoms with Gasteiger partial charge in [0.25, 0.3) is 0 Å². The zero-order chi connectivity index (χ0) is 11.5. The van der Waals surface area contributed by atoms with Gasteiger partial charge < -0.3 is 5.11 Å². The molecule has 4 heteroatoms. The SMILES string of the molecule is Cc1ccn(C2CCCCCC2C(=O)O)n1. The number of carbonyl (C=O) groups is 1. The van der Waals surface area contributed by atoms with Crippen LogP contribution < -0.4 is 0 Å². The highest BCUT2D eigenvalue weighted by Crippen LogP contribution is 2.32. The third kappa shape index (κ3) is 2.26. The van der Waals surface area contributed by atoms with Crippen molar-refractivity contribution < 1.29 is 9.90 Å². The minimum atomic E-state index is -0.681. The van der Waals surface area contributed by atoms with Gasteiger partial charge in [0.2, 0.25) is 0 Å². The van der Waals surface area contributed by atoms with Crippen LogP contribution in [0.25, 0.3) is 0 Å². The molecule has 0 bridgehead atoms. The number of nitrogens with zero attached hydrogens (tertiary/aromatic N) is 2. The molecule has 88 valence electrons. The molecule has 16 heavy (non-hydrogen) atoms. The van der Waals surface area contributed by atoms with E-state index in [4.69, 9.17) is 0 Å². The van der Waals surface area contributed by atoms with E-state index in [9.17, 15) is 9.90 Å². The van der Waals surface area contributed by atoms with Crippen molar-refractivity contribution in [1.82, 2.24) is 9.78 Å². The molecule has 0 radical (unpaired) electrons. The fourth-order valence-corrected chi connectivity index (χ4v) is 2.51. The average Bonchev–Trinajstić information content (AvgIpc) is 2.54. The highest BCUT2D eigenvalue weighted by Gasteiger charge is 2.31. The van der Waals surface area contributed by atoms with E-state index < -0.39 is 5.97 Å². The summed E-state index contributed by atoms with van der Waals surface area (Å²) >= 11 is 0. The van der Waals surface area contributed by atoms with Crippen molar-refractivity contribution in [3.05, 3.63) is 18.0 Å². The fourth-order valence-electron chi connectivity index (χ4n) is 2.51. The summed E-state index contributed by atoms with van der Waals surface area (Å²) in [6.07, 6.45) is 6.87. The molecule has 2 unspecified atom stereocenters. The summed E-state index contributed by atoms with van der Waals surface area (Å²) in [7, 11) is 0. The molecule has 1 aliphatic rings. The third-order valence-electron chi connectivity index (χ3n) is 3.38. The zero-order valence-electron chi connectivity index (χ0n) is 9.59. The van der Waals surface area contributed by atoms with Crippen LogP contribution in [0.1, 0.15) is 43.8 Å². The lowest BCUT2D eigenvalue weighted by Crippen LogP contribution is -2.26. The van der Waals surface area contributed by atoms with Gasteiger partial charge in [0.1, 0.15) is 0 Å². The molecule has 0 saturated heterocycles. The molecule has 1 aromatic rings. The summed E-state index contributed by atoms with van der Waals surface area (Å²) in [4.78, 5) is 11.3. The minimum Gasteiger partial charge on any atom is -0.481 e. The van der Waals surface area contributed by atoms with Crippen LogP contribution in [0.2, 0.25) is 0 Å². The van der Waals surface area contributed by atoms with E-state index in [1.165, 1.54) is 0 Å². The Morgan fingerprint density at radius 2 is 2.19 bits per heavy atom. The average molecular weight is 222 g/mol. The number of aromatic nitrogens is 2. The maximum Gasteiger partial charge on any atom is 0.308 e. The predicted octanol–water partition coefficient (Wildman–Crippen LogP) is 2.40. The lowest BCUT2D eigenvalue weighted by Gasteiger charge is -2.21. The van der Waals surface area contributed by atoms with Gasteiger partial charge in [-0.05, 0) is 25.8 Å². The second kappa shape index (κ2) is 4.68. The van der Waals surface area contributed by atoms with Crippen LogP contribution in [0.4, 0.5) is 0 Å². The molecule has 0 aliphatic heterocycles. The molecule has 1 fully saturated rings. The Kier molecular flexibility index (Phi) is 3.27. The maximum atomic E-state index is 11.3. The molecule has 2 atom stereocenters. The number of rotatable bonds is 2. The van der Waals surface area contributed by atoms with Gasteiger partial charge in [-0.3, -0.25) is 9.48 Å². The topological polar surface area (TPSA) is 55.1 Å². The van der Waals surface area contributed by atoms with Gasteiger partial charge in [0.05, 0.1) is 17.7 Å². The van der Waals surface area contributed by atoms with Crippen molar-refractivity contribution in [3.8, 4) is 0 Å². The number of hydrogen-bond acceptors (Lipinski definition) is 2. The molecule has 1 saturated carbocycles. The highest BCUT2D eigenvalue weighted by atomic mass is 16.4. The third-order valence-corrected chi connectivity index (χ3v) is 3.38. The highest BCUT2D eigenvalue weighted by molar-refractivity contribution is 5.70. The standard InChI is InChI=1S/C12H18N2O2/c1-9-7-8-14(13-9)11-6-4-2-3-5-10(11)12(15)16/h7-8,10-11H,2-6H2,1H3,(H,15,16). The van der Waals surface area contributed by atoms with Gasteiger partial charge in [-0.1, -0.05) is 19.3 Å². The number of aryl methyl sites for hydroxylation is 1. The quantitative estimate of drug-likeness (QED) is 0.782. The number of aliphatic carboxylic acids is 1. The van der Waals surface area contributed by atoms with E-state index in [2.05, 4.69) is 5.10 Å². The Morgan fingerprint density at radius 3 is 2.81 bits per heavy atom. The Bertz CT molecular complexity index is 373. The number of carboxylic acids is 1. The minimum absolute atomic E-state index is 0.0358. The Morgan fingerprint density at radius 1 is 1.44 bits per heavy atom. The van der Waals surface area contributed by atoms with Crippen molar-refractivity contribution in [2.45, 2.75) is 45.1 Å². The first-order valence-electron chi connectivity index (χ1n) is 5.93. The summed E-state index contributed by atoms with van der Waals surface area (Å²) in [5.74, 6) is -0.957. The van der Waals surface area contributed by atoms with E-state index >= 15 is 0 Å². The van der Waals surface area contributed by atoms with Crippen LogP contribution in [0.3, 0.4) is 0 Å². The molecular formula is C12H18N2O2. The Labute approximate surface area is 95.3 Å². The van der Waals surface area contributed by atoms with Crippen LogP contribution in [-0.4, -0.2) is 20.9 Å². The Hall–Kier alpha value is -1.32. The van der Waals surface area contributed by atoms with Crippen LogP contribution >= 0.6 is 0 Å². The lowest BCUT2D eigenvalue weighted by molar-refractivity contribution is -0.143. The number of carboxylic acid groups (broad SMARTS) is 1. The van der Waals surface area contributed by atoms with Crippen LogP contribution in [0, 0.1) is 12.8 Å². The summed E-state index contributed by atoms with van der Waals surface area (Å²) in [5.41, 5.74) is 0.952. The van der Waals surface area contributed by atoms with E-state index in [1.54, 1.807) is 0 Å². The molecular weight excluding hydrogens is 204 g/mol. The first-order chi connectivity index (χ1) is 7.68. The monoisotopic (exact) mass is 222 g/mol. The molecule has 1 heterocycles. The van der Waals surface area contributed by atoms with Crippen LogP contribution in [0.5, 0.6) is 0 Å². The van der Waals surface area contributed by atoms with Gasteiger partial charge in [-0.25, -0.2) is 0 Å². The molecule has 0 aromatic carbocycles. The molecule has 2 rings (SSSR count). The van der Waals surface area contributed by atoms with Gasteiger partial charge in [-0.15, -0.1) is 0 Å². The molecule has 0 amide bonds. The predicted molar refractivity (Wildman–Crippen MR) is 60.2 cm³/mol. The van der Waals surface area contributed by atoms with E-state index in [0.717, 1.165) is 37.8 Å². The zero-order valence-corrected chi connectivity index (χ0v) is 9.59. The maximum absolute atomic E-state index is 11.3. The van der Waals surface area contributed by atoms with Gasteiger partial charge in [-0.2, -0.15) is 5.10 Å². The second-order valence-electron chi connectivity index (χ2n) is 4.59. The first-order valence-corrected chi connectivity index (χ1v) is 5.93. The molecule has 1 aliphatic carbocycles. The smallest absolute Gasteiger partial charge is 0.308 e. The van der Waals surface area contributed by atoms with E-state index in [1.807, 2.05) is 23.9 Å². The summed E-state index contributed by atoms with van der Waals surface area (Å²) < 4.78 is 1.85.